The normalized spacial score (nSPS) is 9.53. The molecule has 1 amide bonds. The highest BCUT2D eigenvalue weighted by atomic mass is 127. The second-order valence-corrected chi connectivity index (χ2v) is 5.27. The van der Waals surface area contributed by atoms with Crippen molar-refractivity contribution in [2.24, 2.45) is 0 Å². The van der Waals surface area contributed by atoms with Crippen LogP contribution in [0.4, 0.5) is 10.8 Å². The van der Waals surface area contributed by atoms with Gasteiger partial charge in [0.05, 0.1) is 10.5 Å². The van der Waals surface area contributed by atoms with Crippen molar-refractivity contribution in [2.75, 3.05) is 5.32 Å². The first-order chi connectivity index (χ1) is 8.58. The maximum atomic E-state index is 11.9. The van der Waals surface area contributed by atoms with Gasteiger partial charge in [-0.2, -0.15) is 0 Å². The summed E-state index contributed by atoms with van der Waals surface area (Å²) in [7, 11) is 0. The van der Waals surface area contributed by atoms with E-state index in [-0.39, 0.29) is 18.7 Å². The SMILES string of the molecule is C.O=C(Nc1nccs1)c1cc([N+](=O)[O-])ccc1I. The van der Waals surface area contributed by atoms with Crippen molar-refractivity contribution < 1.29 is 9.72 Å². The number of amides is 1. The first kappa shape index (κ1) is 15.5. The fraction of sp³-hybridized carbons (Fsp3) is 0.0909. The van der Waals surface area contributed by atoms with Crippen LogP contribution in [-0.4, -0.2) is 15.8 Å². The number of rotatable bonds is 3. The van der Waals surface area contributed by atoms with E-state index < -0.39 is 10.8 Å². The van der Waals surface area contributed by atoms with Crippen LogP contribution < -0.4 is 5.32 Å². The Morgan fingerprint density at radius 3 is 2.79 bits per heavy atom. The molecular formula is C11H10IN3O3S. The number of nitro groups is 1. The number of nitrogens with one attached hydrogen (secondary N) is 1. The Kier molecular flexibility index (Phi) is 5.36. The van der Waals surface area contributed by atoms with Gasteiger partial charge in [0, 0.05) is 27.3 Å². The molecule has 0 unspecified atom stereocenters. The molecule has 0 saturated heterocycles. The Bertz CT molecular complexity index is 601. The van der Waals surface area contributed by atoms with Crippen LogP contribution in [-0.2, 0) is 0 Å². The van der Waals surface area contributed by atoms with Crippen LogP contribution in [0.25, 0.3) is 0 Å². The Morgan fingerprint density at radius 2 is 2.21 bits per heavy atom. The molecule has 6 nitrogen and oxygen atoms in total. The molecule has 1 heterocycles. The summed E-state index contributed by atoms with van der Waals surface area (Å²) in [4.78, 5) is 26.0. The second-order valence-electron chi connectivity index (χ2n) is 3.21. The first-order valence-corrected chi connectivity index (χ1v) is 6.68. The number of nitro benzene ring substituents is 1. The lowest BCUT2D eigenvalue weighted by Gasteiger charge is -2.04. The Labute approximate surface area is 127 Å². The fourth-order valence-electron chi connectivity index (χ4n) is 1.25. The lowest BCUT2D eigenvalue weighted by atomic mass is 10.2. The highest BCUT2D eigenvalue weighted by molar-refractivity contribution is 14.1. The quantitative estimate of drug-likeness (QED) is 0.493. The van der Waals surface area contributed by atoms with Gasteiger partial charge in [-0.05, 0) is 28.7 Å². The number of anilines is 1. The summed E-state index contributed by atoms with van der Waals surface area (Å²) in [6, 6.07) is 4.15. The van der Waals surface area contributed by atoms with Crippen LogP contribution in [0.5, 0.6) is 0 Å². The first-order valence-electron chi connectivity index (χ1n) is 4.72. The van der Waals surface area contributed by atoms with E-state index in [0.717, 1.165) is 0 Å². The molecule has 8 heteroatoms. The Hall–Kier alpha value is -1.55. The van der Waals surface area contributed by atoms with Gasteiger partial charge in [-0.3, -0.25) is 20.2 Å². The third kappa shape index (κ3) is 3.70. The van der Waals surface area contributed by atoms with E-state index in [9.17, 15) is 14.9 Å². The van der Waals surface area contributed by atoms with Crippen molar-refractivity contribution in [1.29, 1.82) is 0 Å². The predicted octanol–water partition coefficient (Wildman–Crippen LogP) is 3.54. The van der Waals surface area contributed by atoms with Crippen LogP contribution in [0.15, 0.2) is 29.8 Å². The molecule has 0 aliphatic heterocycles. The summed E-state index contributed by atoms with van der Waals surface area (Å²) in [6.07, 6.45) is 1.57. The number of carbonyl (C=O) groups excluding carboxylic acids is 1. The lowest BCUT2D eigenvalue weighted by molar-refractivity contribution is -0.384. The third-order valence-corrected chi connectivity index (χ3v) is 3.69. The highest BCUT2D eigenvalue weighted by Gasteiger charge is 2.16. The molecule has 1 aromatic carbocycles. The molecule has 0 radical (unpaired) electrons. The fourth-order valence-corrected chi connectivity index (χ4v) is 2.35. The number of halogens is 1. The maximum absolute atomic E-state index is 11.9. The molecule has 1 N–H and O–H groups in total. The number of non-ortho nitro benzene ring substituents is 1. The van der Waals surface area contributed by atoms with Gasteiger partial charge in [0.2, 0.25) is 0 Å². The molecule has 0 fully saturated rings. The number of nitrogens with zero attached hydrogens (tertiary/aromatic N) is 2. The van der Waals surface area contributed by atoms with Crippen LogP contribution in [0.1, 0.15) is 17.8 Å². The largest absolute Gasteiger partial charge is 0.298 e. The van der Waals surface area contributed by atoms with Crippen molar-refractivity contribution in [1.82, 2.24) is 4.98 Å². The van der Waals surface area contributed by atoms with Gasteiger partial charge in [0.1, 0.15) is 0 Å². The molecule has 2 rings (SSSR count). The standard InChI is InChI=1S/C10H6IN3O3S.CH4/c11-8-2-1-6(14(16)17)5-7(8)9(15)13-10-12-3-4-18-10;/h1-5H,(H,12,13,15);1H4. The zero-order valence-electron chi connectivity index (χ0n) is 8.79. The van der Waals surface area contributed by atoms with Crippen molar-refractivity contribution in [3.8, 4) is 0 Å². The average molecular weight is 391 g/mol. The van der Waals surface area contributed by atoms with E-state index in [1.54, 1.807) is 11.6 Å². The van der Waals surface area contributed by atoms with E-state index in [0.29, 0.717) is 8.70 Å². The summed E-state index contributed by atoms with van der Waals surface area (Å²) in [5, 5.41) is 15.4. The zero-order valence-corrected chi connectivity index (χ0v) is 11.8. The number of thiazole rings is 1. The summed E-state index contributed by atoms with van der Waals surface area (Å²) in [5.74, 6) is -0.405. The number of aromatic nitrogens is 1. The van der Waals surface area contributed by atoms with E-state index in [1.165, 1.54) is 29.5 Å². The van der Waals surface area contributed by atoms with Gasteiger partial charge in [-0.15, -0.1) is 11.3 Å². The van der Waals surface area contributed by atoms with Crippen LogP contribution in [0.2, 0.25) is 0 Å². The minimum atomic E-state index is -0.531. The van der Waals surface area contributed by atoms with E-state index >= 15 is 0 Å². The molecule has 0 saturated carbocycles. The van der Waals surface area contributed by atoms with E-state index in [1.807, 2.05) is 22.6 Å². The number of carbonyl (C=O) groups is 1. The van der Waals surface area contributed by atoms with Gasteiger partial charge in [-0.25, -0.2) is 4.98 Å². The maximum Gasteiger partial charge on any atom is 0.270 e. The summed E-state index contributed by atoms with van der Waals surface area (Å²) in [5.41, 5.74) is 0.153. The molecule has 0 aliphatic carbocycles. The third-order valence-electron chi connectivity index (χ3n) is 2.06. The Morgan fingerprint density at radius 1 is 1.47 bits per heavy atom. The molecule has 0 atom stereocenters. The summed E-state index contributed by atoms with van der Waals surface area (Å²) >= 11 is 3.24. The summed E-state index contributed by atoms with van der Waals surface area (Å²) in [6.45, 7) is 0. The van der Waals surface area contributed by atoms with Gasteiger partial charge in [0.25, 0.3) is 11.6 Å². The van der Waals surface area contributed by atoms with Crippen LogP contribution in [0, 0.1) is 13.7 Å². The molecule has 100 valence electrons. The number of hydrogen-bond acceptors (Lipinski definition) is 5. The smallest absolute Gasteiger partial charge is 0.270 e. The van der Waals surface area contributed by atoms with Crippen molar-refractivity contribution in [2.45, 2.75) is 7.43 Å². The molecule has 0 spiro atoms. The molecular weight excluding hydrogens is 381 g/mol. The number of benzene rings is 1. The van der Waals surface area contributed by atoms with Crippen LogP contribution in [0.3, 0.4) is 0 Å². The van der Waals surface area contributed by atoms with Gasteiger partial charge in [-0.1, -0.05) is 7.43 Å². The van der Waals surface area contributed by atoms with Crippen molar-refractivity contribution in [3.63, 3.8) is 0 Å². The van der Waals surface area contributed by atoms with Gasteiger partial charge < -0.3 is 0 Å². The van der Waals surface area contributed by atoms with E-state index in [4.69, 9.17) is 0 Å². The molecule has 0 aliphatic rings. The van der Waals surface area contributed by atoms with Crippen molar-refractivity contribution >= 4 is 50.7 Å². The van der Waals surface area contributed by atoms with E-state index in [2.05, 4.69) is 10.3 Å². The van der Waals surface area contributed by atoms with Gasteiger partial charge >= 0.3 is 0 Å². The lowest BCUT2D eigenvalue weighted by Crippen LogP contribution is -2.13. The monoisotopic (exact) mass is 391 g/mol. The zero-order chi connectivity index (χ0) is 13.1. The second kappa shape index (κ2) is 6.57. The minimum absolute atomic E-state index is 0. The average Bonchev–Trinajstić information content (AvgIpc) is 2.81. The predicted molar refractivity (Wildman–Crippen MR) is 82.6 cm³/mol. The van der Waals surface area contributed by atoms with Gasteiger partial charge in [0.15, 0.2) is 5.13 Å². The molecule has 19 heavy (non-hydrogen) atoms. The van der Waals surface area contributed by atoms with Crippen molar-refractivity contribution in [3.05, 3.63) is 49.0 Å². The molecule has 0 bridgehead atoms. The van der Waals surface area contributed by atoms with Crippen LogP contribution >= 0.6 is 33.9 Å². The summed E-state index contributed by atoms with van der Waals surface area (Å²) < 4.78 is 0.646. The minimum Gasteiger partial charge on any atom is -0.298 e. The Balaban J connectivity index is 0.00000180. The molecule has 1 aromatic heterocycles. The number of hydrogen-bond donors (Lipinski definition) is 1. The topological polar surface area (TPSA) is 85.1 Å². The molecule has 2 aromatic rings. The highest BCUT2D eigenvalue weighted by Crippen LogP contribution is 2.21.